The van der Waals surface area contributed by atoms with Crippen LogP contribution in [0.3, 0.4) is 0 Å². The molecule has 33 heavy (non-hydrogen) atoms. The highest BCUT2D eigenvalue weighted by molar-refractivity contribution is 5.73. The van der Waals surface area contributed by atoms with E-state index in [1.165, 1.54) is 11.1 Å². The van der Waals surface area contributed by atoms with Crippen molar-refractivity contribution in [3.05, 3.63) is 65.7 Å². The lowest BCUT2D eigenvalue weighted by molar-refractivity contribution is -0.192. The number of nitrogens with one attached hydrogen (secondary N) is 1. The molecule has 2 aromatic carbocycles. The fraction of sp³-hybridized carbons (Fsp3) is 0.417. The Labute approximate surface area is 191 Å². The van der Waals surface area contributed by atoms with E-state index in [2.05, 4.69) is 48.6 Å². The van der Waals surface area contributed by atoms with Crippen LogP contribution in [-0.2, 0) is 16.0 Å². The second kappa shape index (κ2) is 14.9. The second-order valence-corrected chi connectivity index (χ2v) is 7.39. The van der Waals surface area contributed by atoms with Crippen molar-refractivity contribution in [1.82, 2.24) is 5.32 Å². The summed E-state index contributed by atoms with van der Waals surface area (Å²) in [6.07, 6.45) is -1.94. The van der Waals surface area contributed by atoms with Crippen LogP contribution >= 0.6 is 0 Å². The Morgan fingerprint density at radius 3 is 2.15 bits per heavy atom. The van der Waals surface area contributed by atoms with Gasteiger partial charge in [-0.2, -0.15) is 13.2 Å². The normalized spacial score (nSPS) is 11.8. The molecule has 0 aromatic heterocycles. The molecule has 0 heterocycles. The largest absolute Gasteiger partial charge is 0.494 e. The van der Waals surface area contributed by atoms with Crippen LogP contribution in [0.25, 0.3) is 0 Å². The molecule has 0 aliphatic heterocycles. The molecule has 2 aromatic rings. The van der Waals surface area contributed by atoms with Gasteiger partial charge in [0, 0.05) is 6.54 Å². The van der Waals surface area contributed by atoms with Crippen LogP contribution in [0.2, 0.25) is 0 Å². The minimum atomic E-state index is -5.08. The number of hydrogen-bond donors (Lipinski definition) is 3. The van der Waals surface area contributed by atoms with Crippen LogP contribution < -0.4 is 10.1 Å². The molecule has 0 fully saturated rings. The lowest BCUT2D eigenvalue weighted by Gasteiger charge is -2.13. The Morgan fingerprint density at radius 2 is 1.61 bits per heavy atom. The SMILES string of the molecule is CC(CCOc1ccc(CCCNCCC(=O)O)cc1)c1ccccc1.O=C(O)C(F)(F)F. The van der Waals surface area contributed by atoms with Crippen molar-refractivity contribution in [3.63, 3.8) is 0 Å². The van der Waals surface area contributed by atoms with Crippen molar-refractivity contribution in [2.45, 2.75) is 44.7 Å². The van der Waals surface area contributed by atoms with Crippen molar-refractivity contribution in [2.24, 2.45) is 0 Å². The van der Waals surface area contributed by atoms with E-state index in [0.29, 0.717) is 19.1 Å². The van der Waals surface area contributed by atoms with Crippen LogP contribution in [-0.4, -0.2) is 48.0 Å². The highest BCUT2D eigenvalue weighted by Crippen LogP contribution is 2.20. The van der Waals surface area contributed by atoms with Gasteiger partial charge in [-0.3, -0.25) is 4.79 Å². The predicted octanol–water partition coefficient (Wildman–Crippen LogP) is 4.89. The monoisotopic (exact) mass is 469 g/mol. The lowest BCUT2D eigenvalue weighted by atomic mass is 9.98. The standard InChI is InChI=1S/C22H29NO3.C2HF3O2/c1-18(20-7-3-2-4-8-20)14-17-26-21-11-9-19(10-12-21)6-5-15-23-16-13-22(24)25;3-2(4,5)1(6)7/h2-4,7-12,18,23H,5-6,13-17H2,1H3,(H,24,25);(H,6,7). The van der Waals surface area contributed by atoms with Crippen LogP contribution in [0, 0.1) is 0 Å². The molecular weight excluding hydrogens is 439 g/mol. The lowest BCUT2D eigenvalue weighted by Crippen LogP contribution is -2.21. The van der Waals surface area contributed by atoms with E-state index < -0.39 is 18.1 Å². The first-order valence-corrected chi connectivity index (χ1v) is 10.6. The summed E-state index contributed by atoms with van der Waals surface area (Å²) in [5.41, 5.74) is 2.62. The molecule has 0 spiro atoms. The first-order valence-electron chi connectivity index (χ1n) is 10.6. The molecule has 0 radical (unpaired) electrons. The van der Waals surface area contributed by atoms with E-state index in [4.69, 9.17) is 19.7 Å². The van der Waals surface area contributed by atoms with E-state index >= 15 is 0 Å². The maximum Gasteiger partial charge on any atom is 0.490 e. The van der Waals surface area contributed by atoms with E-state index in [1.54, 1.807) is 0 Å². The Bertz CT molecular complexity index is 826. The number of benzene rings is 2. The number of rotatable bonds is 12. The summed E-state index contributed by atoms with van der Waals surface area (Å²) in [6, 6.07) is 18.8. The molecule has 0 aliphatic rings. The first-order chi connectivity index (χ1) is 15.6. The van der Waals surface area contributed by atoms with Gasteiger partial charge in [-0.25, -0.2) is 4.79 Å². The molecule has 0 amide bonds. The molecule has 0 saturated carbocycles. The Hall–Kier alpha value is -3.07. The van der Waals surface area contributed by atoms with Gasteiger partial charge in [0.15, 0.2) is 0 Å². The third-order valence-corrected chi connectivity index (χ3v) is 4.69. The number of carboxylic acids is 2. The number of aliphatic carboxylic acids is 2. The molecule has 3 N–H and O–H groups in total. The maximum absolute atomic E-state index is 10.6. The quantitative estimate of drug-likeness (QED) is 0.383. The molecule has 1 unspecified atom stereocenters. The zero-order valence-electron chi connectivity index (χ0n) is 18.5. The number of hydrogen-bond acceptors (Lipinski definition) is 4. The topological polar surface area (TPSA) is 95.9 Å². The zero-order chi connectivity index (χ0) is 24.7. The molecule has 9 heteroatoms. The smallest absolute Gasteiger partial charge is 0.490 e. The average molecular weight is 470 g/mol. The number of carboxylic acid groups (broad SMARTS) is 2. The summed E-state index contributed by atoms with van der Waals surface area (Å²) in [4.78, 5) is 19.3. The Kier molecular flexibility index (Phi) is 12.6. The van der Waals surface area contributed by atoms with Crippen molar-refractivity contribution >= 4 is 11.9 Å². The summed E-state index contributed by atoms with van der Waals surface area (Å²) in [5.74, 6) is -2.11. The summed E-state index contributed by atoms with van der Waals surface area (Å²) < 4.78 is 37.6. The first kappa shape index (κ1) is 28.0. The van der Waals surface area contributed by atoms with Gasteiger partial charge in [0.1, 0.15) is 5.75 Å². The number of alkyl halides is 3. The minimum Gasteiger partial charge on any atom is -0.494 e. The number of carbonyl (C=O) groups is 2. The summed E-state index contributed by atoms with van der Waals surface area (Å²) in [5, 5.41) is 18.8. The minimum absolute atomic E-state index is 0.176. The maximum atomic E-state index is 10.6. The Morgan fingerprint density at radius 1 is 1.00 bits per heavy atom. The summed E-state index contributed by atoms with van der Waals surface area (Å²) >= 11 is 0. The number of aryl methyl sites for hydroxylation is 1. The molecule has 0 bridgehead atoms. The van der Waals surface area contributed by atoms with Crippen LogP contribution in [0.15, 0.2) is 54.6 Å². The van der Waals surface area contributed by atoms with Gasteiger partial charge in [-0.05, 0) is 55.0 Å². The van der Waals surface area contributed by atoms with Gasteiger partial charge in [-0.1, -0.05) is 49.4 Å². The Balaban J connectivity index is 0.000000675. The van der Waals surface area contributed by atoms with Crippen molar-refractivity contribution in [3.8, 4) is 5.75 Å². The van der Waals surface area contributed by atoms with Gasteiger partial charge in [0.25, 0.3) is 0 Å². The van der Waals surface area contributed by atoms with E-state index in [1.807, 2.05) is 18.2 Å². The summed E-state index contributed by atoms with van der Waals surface area (Å²) in [6.45, 7) is 4.31. The van der Waals surface area contributed by atoms with Gasteiger partial charge in [-0.15, -0.1) is 0 Å². The van der Waals surface area contributed by atoms with Crippen LogP contribution in [0.5, 0.6) is 5.75 Å². The van der Waals surface area contributed by atoms with Crippen LogP contribution in [0.4, 0.5) is 13.2 Å². The van der Waals surface area contributed by atoms with E-state index in [0.717, 1.165) is 31.6 Å². The third-order valence-electron chi connectivity index (χ3n) is 4.69. The average Bonchev–Trinajstić information content (AvgIpc) is 2.77. The molecule has 0 saturated heterocycles. The van der Waals surface area contributed by atoms with Gasteiger partial charge in [0.05, 0.1) is 13.0 Å². The molecular formula is C24H30F3NO5. The van der Waals surface area contributed by atoms with Gasteiger partial charge < -0.3 is 20.3 Å². The van der Waals surface area contributed by atoms with Crippen LogP contribution in [0.1, 0.15) is 43.2 Å². The van der Waals surface area contributed by atoms with E-state index in [-0.39, 0.29) is 6.42 Å². The van der Waals surface area contributed by atoms with Crippen molar-refractivity contribution in [1.29, 1.82) is 0 Å². The predicted molar refractivity (Wildman–Crippen MR) is 119 cm³/mol. The third kappa shape index (κ3) is 13.2. The highest BCUT2D eigenvalue weighted by Gasteiger charge is 2.38. The number of halogens is 3. The zero-order valence-corrected chi connectivity index (χ0v) is 18.5. The molecule has 2 rings (SSSR count). The van der Waals surface area contributed by atoms with Gasteiger partial charge >= 0.3 is 18.1 Å². The fourth-order valence-electron chi connectivity index (χ4n) is 2.79. The highest BCUT2D eigenvalue weighted by atomic mass is 19.4. The summed E-state index contributed by atoms with van der Waals surface area (Å²) in [7, 11) is 0. The van der Waals surface area contributed by atoms with Crippen molar-refractivity contribution < 1.29 is 37.7 Å². The molecule has 0 aliphatic carbocycles. The fourth-order valence-corrected chi connectivity index (χ4v) is 2.79. The molecule has 1 atom stereocenters. The second-order valence-electron chi connectivity index (χ2n) is 7.39. The van der Waals surface area contributed by atoms with Crippen molar-refractivity contribution in [2.75, 3.05) is 19.7 Å². The molecule has 6 nitrogen and oxygen atoms in total. The van der Waals surface area contributed by atoms with E-state index in [9.17, 15) is 18.0 Å². The van der Waals surface area contributed by atoms with Gasteiger partial charge in [0.2, 0.25) is 0 Å². The number of ether oxygens (including phenoxy) is 1. The molecule has 182 valence electrons.